The molecule has 1 aliphatic rings. The number of anilines is 1. The Balaban J connectivity index is 2.49. The topological polar surface area (TPSA) is 110 Å². The van der Waals surface area contributed by atoms with Crippen LogP contribution in [0, 0.1) is 10.1 Å². The number of hydrogen-bond donors (Lipinski definition) is 1. The number of nitro benzene ring substituents is 1. The summed E-state index contributed by atoms with van der Waals surface area (Å²) in [4.78, 5) is 12.0. The Morgan fingerprint density at radius 1 is 1.38 bits per heavy atom. The Hall–Kier alpha value is -1.71. The van der Waals surface area contributed by atoms with Crippen molar-refractivity contribution in [1.29, 1.82) is 0 Å². The molecule has 2 N–H and O–H groups in total. The van der Waals surface area contributed by atoms with Crippen molar-refractivity contribution in [2.45, 2.75) is 17.9 Å². The lowest BCUT2D eigenvalue weighted by molar-refractivity contribution is -0.387. The Morgan fingerprint density at radius 2 is 2.05 bits per heavy atom. The highest BCUT2D eigenvalue weighted by atomic mass is 32.2. The summed E-state index contributed by atoms with van der Waals surface area (Å²) in [7, 11) is -2.04. The highest BCUT2D eigenvalue weighted by molar-refractivity contribution is 7.89. The van der Waals surface area contributed by atoms with Crippen LogP contribution in [0.3, 0.4) is 0 Å². The van der Waals surface area contributed by atoms with E-state index in [1.807, 2.05) is 11.9 Å². The fourth-order valence-electron chi connectivity index (χ4n) is 2.49. The summed E-state index contributed by atoms with van der Waals surface area (Å²) in [6.45, 7) is 3.24. The van der Waals surface area contributed by atoms with Crippen LogP contribution in [-0.2, 0) is 10.0 Å². The van der Waals surface area contributed by atoms with Gasteiger partial charge < -0.3 is 10.6 Å². The van der Waals surface area contributed by atoms with Crippen LogP contribution in [0.4, 0.5) is 11.4 Å². The van der Waals surface area contributed by atoms with E-state index >= 15 is 0 Å². The third kappa shape index (κ3) is 2.99. The van der Waals surface area contributed by atoms with Crippen LogP contribution in [0.25, 0.3) is 0 Å². The molecule has 1 saturated heterocycles. The van der Waals surface area contributed by atoms with Crippen LogP contribution in [0.15, 0.2) is 23.1 Å². The van der Waals surface area contributed by atoms with Gasteiger partial charge in [-0.15, -0.1) is 0 Å². The van der Waals surface area contributed by atoms with Crippen molar-refractivity contribution < 1.29 is 13.3 Å². The number of sulfonamides is 1. The van der Waals surface area contributed by atoms with E-state index in [9.17, 15) is 18.5 Å². The van der Waals surface area contributed by atoms with Gasteiger partial charge in [0, 0.05) is 37.4 Å². The molecule has 1 aromatic rings. The molecular formula is C12H18N4O4S. The zero-order valence-corrected chi connectivity index (χ0v) is 12.7. The monoisotopic (exact) mass is 314 g/mol. The standard InChI is InChI=1S/C12H18N4O4S/c1-9-8-14(2)5-6-15(9)21(19,20)12-7-10(13)3-4-11(12)16(17)18/h3-4,7,9H,5-6,8,13H2,1-2H3. The van der Waals surface area contributed by atoms with Gasteiger partial charge in [0.1, 0.15) is 0 Å². The largest absolute Gasteiger partial charge is 0.399 e. The van der Waals surface area contributed by atoms with Gasteiger partial charge >= 0.3 is 0 Å². The lowest BCUT2D eigenvalue weighted by Crippen LogP contribution is -2.52. The molecule has 21 heavy (non-hydrogen) atoms. The summed E-state index contributed by atoms with van der Waals surface area (Å²) >= 11 is 0. The molecule has 9 heteroatoms. The molecule has 1 aromatic carbocycles. The van der Waals surface area contributed by atoms with Gasteiger partial charge in [0.05, 0.1) is 4.92 Å². The van der Waals surface area contributed by atoms with E-state index in [0.717, 1.165) is 12.1 Å². The molecule has 1 atom stereocenters. The van der Waals surface area contributed by atoms with E-state index < -0.39 is 20.6 Å². The molecule has 0 aromatic heterocycles. The van der Waals surface area contributed by atoms with Crippen molar-refractivity contribution in [2.24, 2.45) is 0 Å². The summed E-state index contributed by atoms with van der Waals surface area (Å²) in [5.74, 6) is 0. The maximum Gasteiger partial charge on any atom is 0.289 e. The predicted molar refractivity (Wildman–Crippen MR) is 78.4 cm³/mol. The van der Waals surface area contributed by atoms with E-state index in [0.29, 0.717) is 19.6 Å². The number of nitrogens with two attached hydrogens (primary N) is 1. The van der Waals surface area contributed by atoms with E-state index in [1.54, 1.807) is 6.92 Å². The third-order valence-corrected chi connectivity index (χ3v) is 5.58. The van der Waals surface area contributed by atoms with Crippen molar-refractivity contribution in [2.75, 3.05) is 32.4 Å². The van der Waals surface area contributed by atoms with Crippen molar-refractivity contribution in [1.82, 2.24) is 9.21 Å². The zero-order valence-electron chi connectivity index (χ0n) is 11.9. The summed E-state index contributed by atoms with van der Waals surface area (Å²) < 4.78 is 26.8. The highest BCUT2D eigenvalue weighted by Crippen LogP contribution is 2.30. The number of benzene rings is 1. The Bertz CT molecular complexity index is 661. The van der Waals surface area contributed by atoms with Crippen molar-refractivity contribution in [3.63, 3.8) is 0 Å². The molecule has 1 fully saturated rings. The van der Waals surface area contributed by atoms with Crippen LogP contribution >= 0.6 is 0 Å². The number of rotatable bonds is 3. The average molecular weight is 314 g/mol. The number of nitrogen functional groups attached to an aromatic ring is 1. The maximum atomic E-state index is 12.7. The van der Waals surface area contributed by atoms with Crippen LogP contribution in [0.1, 0.15) is 6.92 Å². The molecule has 0 amide bonds. The van der Waals surface area contributed by atoms with Crippen molar-refractivity contribution in [3.8, 4) is 0 Å². The van der Waals surface area contributed by atoms with Crippen molar-refractivity contribution in [3.05, 3.63) is 28.3 Å². The molecule has 1 aliphatic heterocycles. The molecule has 0 bridgehead atoms. The Kier molecular flexibility index (Phi) is 4.17. The SMILES string of the molecule is CC1CN(C)CCN1S(=O)(=O)c1cc(N)ccc1[N+](=O)[O-]. The number of piperazine rings is 1. The van der Waals surface area contributed by atoms with Gasteiger partial charge in [0.25, 0.3) is 5.69 Å². The molecule has 1 unspecified atom stereocenters. The van der Waals surface area contributed by atoms with E-state index in [1.165, 1.54) is 10.4 Å². The van der Waals surface area contributed by atoms with Gasteiger partial charge in [-0.25, -0.2) is 8.42 Å². The molecule has 0 spiro atoms. The van der Waals surface area contributed by atoms with Gasteiger partial charge in [-0.1, -0.05) is 0 Å². The first kappa shape index (κ1) is 15.7. The first-order chi connectivity index (χ1) is 9.73. The van der Waals surface area contributed by atoms with Gasteiger partial charge in [-0.3, -0.25) is 10.1 Å². The molecule has 8 nitrogen and oxygen atoms in total. The van der Waals surface area contributed by atoms with Gasteiger partial charge in [-0.05, 0) is 26.1 Å². The molecule has 2 rings (SSSR count). The number of likely N-dealkylation sites (N-methyl/N-ethyl adjacent to an activating group) is 1. The van der Waals surface area contributed by atoms with E-state index in [2.05, 4.69) is 0 Å². The minimum atomic E-state index is -3.95. The fraction of sp³-hybridized carbons (Fsp3) is 0.500. The van der Waals surface area contributed by atoms with E-state index in [-0.39, 0.29) is 16.6 Å². The first-order valence-electron chi connectivity index (χ1n) is 6.48. The predicted octanol–water partition coefficient (Wildman–Crippen LogP) is 0.502. The number of hydrogen-bond acceptors (Lipinski definition) is 6. The average Bonchev–Trinajstić information content (AvgIpc) is 2.37. The third-order valence-electron chi connectivity index (χ3n) is 3.54. The summed E-state index contributed by atoms with van der Waals surface area (Å²) in [6.07, 6.45) is 0. The minimum absolute atomic E-state index is 0.181. The molecule has 1 heterocycles. The Morgan fingerprint density at radius 3 is 2.62 bits per heavy atom. The molecule has 0 aliphatic carbocycles. The molecule has 0 saturated carbocycles. The highest BCUT2D eigenvalue weighted by Gasteiger charge is 2.36. The van der Waals surface area contributed by atoms with Gasteiger partial charge in [0.15, 0.2) is 4.90 Å². The zero-order chi connectivity index (χ0) is 15.8. The minimum Gasteiger partial charge on any atom is -0.399 e. The smallest absolute Gasteiger partial charge is 0.289 e. The van der Waals surface area contributed by atoms with Crippen LogP contribution in [0.2, 0.25) is 0 Å². The molecular weight excluding hydrogens is 296 g/mol. The fourth-order valence-corrected chi connectivity index (χ4v) is 4.30. The first-order valence-corrected chi connectivity index (χ1v) is 7.92. The van der Waals surface area contributed by atoms with Crippen LogP contribution in [0.5, 0.6) is 0 Å². The lowest BCUT2D eigenvalue weighted by Gasteiger charge is -2.37. The Labute approximate surface area is 123 Å². The maximum absolute atomic E-state index is 12.7. The van der Waals surface area contributed by atoms with Gasteiger partial charge in [-0.2, -0.15) is 4.31 Å². The van der Waals surface area contributed by atoms with Gasteiger partial charge in [0.2, 0.25) is 10.0 Å². The summed E-state index contributed by atoms with van der Waals surface area (Å²) in [5.41, 5.74) is 5.33. The molecule has 0 radical (unpaired) electrons. The quantitative estimate of drug-likeness (QED) is 0.494. The van der Waals surface area contributed by atoms with E-state index in [4.69, 9.17) is 5.73 Å². The van der Waals surface area contributed by atoms with Crippen molar-refractivity contribution >= 4 is 21.4 Å². The van der Waals surface area contributed by atoms with Crippen LogP contribution in [-0.4, -0.2) is 55.3 Å². The normalized spacial score (nSPS) is 21.3. The van der Waals surface area contributed by atoms with Crippen LogP contribution < -0.4 is 5.73 Å². The lowest BCUT2D eigenvalue weighted by atomic mass is 10.2. The number of nitro groups is 1. The number of nitrogens with zero attached hydrogens (tertiary/aromatic N) is 3. The second kappa shape index (κ2) is 5.58. The molecule has 116 valence electrons. The summed E-state index contributed by atoms with van der Waals surface area (Å²) in [6, 6.07) is 3.35. The summed E-state index contributed by atoms with van der Waals surface area (Å²) in [5, 5.41) is 11.1. The second-order valence-electron chi connectivity index (χ2n) is 5.21. The second-order valence-corrected chi connectivity index (χ2v) is 7.07.